The van der Waals surface area contributed by atoms with Gasteiger partial charge < -0.3 is 10.6 Å². The van der Waals surface area contributed by atoms with Gasteiger partial charge in [0.1, 0.15) is 0 Å². The molecule has 0 saturated heterocycles. The van der Waals surface area contributed by atoms with Crippen LogP contribution in [0.5, 0.6) is 0 Å². The largest absolute Gasteiger partial charge is 0.311 e. The molecule has 1 rings (SSSR count). The Labute approximate surface area is 105 Å². The third kappa shape index (κ3) is 4.48. The summed E-state index contributed by atoms with van der Waals surface area (Å²) in [6, 6.07) is 0. The Morgan fingerprint density at radius 2 is 1.82 bits per heavy atom. The molecule has 1 heterocycles. The molecule has 0 aliphatic heterocycles. The standard InChI is InChI=1S/C13H26N4/c1-10-12(11(2)17(6)16-10)9-14-7-8-15-13(3,4)5/h14-15H,7-9H2,1-6H3. The third-order valence-corrected chi connectivity index (χ3v) is 2.92. The van der Waals surface area contributed by atoms with Gasteiger partial charge in [0.2, 0.25) is 0 Å². The molecule has 17 heavy (non-hydrogen) atoms. The monoisotopic (exact) mass is 238 g/mol. The molecule has 1 aromatic heterocycles. The fourth-order valence-corrected chi connectivity index (χ4v) is 1.81. The summed E-state index contributed by atoms with van der Waals surface area (Å²) in [6.45, 7) is 13.6. The Morgan fingerprint density at radius 3 is 2.29 bits per heavy atom. The molecule has 0 fully saturated rings. The van der Waals surface area contributed by atoms with Crippen molar-refractivity contribution in [1.82, 2.24) is 20.4 Å². The molecule has 0 amide bonds. The predicted molar refractivity (Wildman–Crippen MR) is 72.1 cm³/mol. The maximum absolute atomic E-state index is 4.41. The Kier molecular flexibility index (Phi) is 4.71. The number of hydrogen-bond donors (Lipinski definition) is 2. The van der Waals surface area contributed by atoms with Crippen LogP contribution in [0, 0.1) is 13.8 Å². The van der Waals surface area contributed by atoms with Crippen LogP contribution in [0.1, 0.15) is 37.7 Å². The Hall–Kier alpha value is -0.870. The van der Waals surface area contributed by atoms with E-state index in [1.165, 1.54) is 11.3 Å². The second-order valence-electron chi connectivity index (χ2n) is 5.63. The summed E-state index contributed by atoms with van der Waals surface area (Å²) in [5.74, 6) is 0. The van der Waals surface area contributed by atoms with Crippen molar-refractivity contribution in [1.29, 1.82) is 0 Å². The first-order valence-corrected chi connectivity index (χ1v) is 6.26. The van der Waals surface area contributed by atoms with Gasteiger partial charge in [-0.2, -0.15) is 5.10 Å². The van der Waals surface area contributed by atoms with Crippen LogP contribution in [0.15, 0.2) is 0 Å². The number of aryl methyl sites for hydroxylation is 2. The normalized spacial score (nSPS) is 12.1. The number of rotatable bonds is 5. The van der Waals surface area contributed by atoms with Gasteiger partial charge in [-0.25, -0.2) is 0 Å². The zero-order chi connectivity index (χ0) is 13.1. The highest BCUT2D eigenvalue weighted by molar-refractivity contribution is 5.23. The SMILES string of the molecule is Cc1nn(C)c(C)c1CNCCNC(C)(C)C. The molecule has 0 aromatic carbocycles. The lowest BCUT2D eigenvalue weighted by Gasteiger charge is -2.20. The molecule has 4 nitrogen and oxygen atoms in total. The lowest BCUT2D eigenvalue weighted by atomic mass is 10.1. The van der Waals surface area contributed by atoms with Gasteiger partial charge in [0.05, 0.1) is 5.69 Å². The third-order valence-electron chi connectivity index (χ3n) is 2.92. The van der Waals surface area contributed by atoms with Crippen molar-refractivity contribution in [2.75, 3.05) is 13.1 Å². The van der Waals surface area contributed by atoms with Crippen molar-refractivity contribution in [3.63, 3.8) is 0 Å². The summed E-state index contributed by atoms with van der Waals surface area (Å²) >= 11 is 0. The molecular formula is C13H26N4. The second-order valence-corrected chi connectivity index (χ2v) is 5.63. The topological polar surface area (TPSA) is 41.9 Å². The molecule has 98 valence electrons. The number of hydrogen-bond acceptors (Lipinski definition) is 3. The fraction of sp³-hybridized carbons (Fsp3) is 0.769. The van der Waals surface area contributed by atoms with Gasteiger partial charge >= 0.3 is 0 Å². The van der Waals surface area contributed by atoms with Crippen LogP contribution in [0.4, 0.5) is 0 Å². The van der Waals surface area contributed by atoms with E-state index in [0.717, 1.165) is 25.3 Å². The number of aromatic nitrogens is 2. The highest BCUT2D eigenvalue weighted by Gasteiger charge is 2.09. The minimum absolute atomic E-state index is 0.196. The van der Waals surface area contributed by atoms with Crippen molar-refractivity contribution in [2.24, 2.45) is 7.05 Å². The Bertz CT molecular complexity index is 360. The van der Waals surface area contributed by atoms with Crippen LogP contribution in [-0.4, -0.2) is 28.4 Å². The lowest BCUT2D eigenvalue weighted by molar-refractivity contribution is 0.421. The molecule has 4 heteroatoms. The van der Waals surface area contributed by atoms with E-state index in [2.05, 4.69) is 50.4 Å². The molecule has 0 bridgehead atoms. The van der Waals surface area contributed by atoms with E-state index in [1.807, 2.05) is 11.7 Å². The van der Waals surface area contributed by atoms with Crippen LogP contribution >= 0.6 is 0 Å². The van der Waals surface area contributed by atoms with E-state index < -0.39 is 0 Å². The summed E-state index contributed by atoms with van der Waals surface area (Å²) < 4.78 is 1.94. The average Bonchev–Trinajstić information content (AvgIpc) is 2.42. The predicted octanol–water partition coefficient (Wildman–Crippen LogP) is 1.51. The van der Waals surface area contributed by atoms with Crippen LogP contribution in [0.3, 0.4) is 0 Å². The first-order chi connectivity index (χ1) is 7.81. The summed E-state index contributed by atoms with van der Waals surface area (Å²) in [6.07, 6.45) is 0. The van der Waals surface area contributed by atoms with Gasteiger partial charge in [-0.05, 0) is 34.6 Å². The van der Waals surface area contributed by atoms with E-state index in [4.69, 9.17) is 0 Å². The van der Waals surface area contributed by atoms with Gasteiger partial charge in [0, 0.05) is 43.5 Å². The summed E-state index contributed by atoms with van der Waals surface area (Å²) in [7, 11) is 1.99. The van der Waals surface area contributed by atoms with Gasteiger partial charge in [-0.15, -0.1) is 0 Å². The van der Waals surface area contributed by atoms with E-state index >= 15 is 0 Å². The highest BCUT2D eigenvalue weighted by atomic mass is 15.3. The van der Waals surface area contributed by atoms with E-state index in [1.54, 1.807) is 0 Å². The molecule has 0 unspecified atom stereocenters. The molecule has 0 saturated carbocycles. The molecule has 0 aliphatic rings. The molecule has 0 aliphatic carbocycles. The van der Waals surface area contributed by atoms with Crippen molar-refractivity contribution in [2.45, 2.75) is 46.7 Å². The Morgan fingerprint density at radius 1 is 1.18 bits per heavy atom. The van der Waals surface area contributed by atoms with Crippen molar-refractivity contribution in [3.8, 4) is 0 Å². The summed E-state index contributed by atoms with van der Waals surface area (Å²) in [5, 5.41) is 11.3. The zero-order valence-corrected chi connectivity index (χ0v) is 12.0. The van der Waals surface area contributed by atoms with E-state index in [-0.39, 0.29) is 5.54 Å². The minimum atomic E-state index is 0.196. The maximum atomic E-state index is 4.41. The summed E-state index contributed by atoms with van der Waals surface area (Å²) in [5.41, 5.74) is 3.89. The Balaban J connectivity index is 2.32. The maximum Gasteiger partial charge on any atom is 0.0641 e. The first-order valence-electron chi connectivity index (χ1n) is 6.26. The molecule has 2 N–H and O–H groups in total. The minimum Gasteiger partial charge on any atom is -0.311 e. The molecule has 0 radical (unpaired) electrons. The van der Waals surface area contributed by atoms with Crippen molar-refractivity contribution >= 4 is 0 Å². The van der Waals surface area contributed by atoms with Gasteiger partial charge in [-0.1, -0.05) is 0 Å². The van der Waals surface area contributed by atoms with Crippen molar-refractivity contribution < 1.29 is 0 Å². The molecule has 1 aromatic rings. The second kappa shape index (κ2) is 5.65. The number of nitrogens with one attached hydrogen (secondary N) is 2. The average molecular weight is 238 g/mol. The first kappa shape index (κ1) is 14.2. The lowest BCUT2D eigenvalue weighted by Crippen LogP contribution is -2.40. The summed E-state index contributed by atoms with van der Waals surface area (Å²) in [4.78, 5) is 0. The van der Waals surface area contributed by atoms with E-state index in [9.17, 15) is 0 Å². The molecule has 0 atom stereocenters. The highest BCUT2D eigenvalue weighted by Crippen LogP contribution is 2.10. The quantitative estimate of drug-likeness (QED) is 0.764. The van der Waals surface area contributed by atoms with Crippen LogP contribution in [-0.2, 0) is 13.6 Å². The van der Waals surface area contributed by atoms with Gasteiger partial charge in [-0.3, -0.25) is 4.68 Å². The molecule has 0 spiro atoms. The van der Waals surface area contributed by atoms with Crippen LogP contribution in [0.2, 0.25) is 0 Å². The van der Waals surface area contributed by atoms with Crippen LogP contribution in [0.25, 0.3) is 0 Å². The van der Waals surface area contributed by atoms with Gasteiger partial charge in [0.25, 0.3) is 0 Å². The number of nitrogens with zero attached hydrogens (tertiary/aromatic N) is 2. The van der Waals surface area contributed by atoms with Gasteiger partial charge in [0.15, 0.2) is 0 Å². The molecular weight excluding hydrogens is 212 g/mol. The smallest absolute Gasteiger partial charge is 0.0641 e. The fourth-order valence-electron chi connectivity index (χ4n) is 1.81. The van der Waals surface area contributed by atoms with E-state index in [0.29, 0.717) is 0 Å². The zero-order valence-electron chi connectivity index (χ0n) is 12.0. The van der Waals surface area contributed by atoms with Crippen molar-refractivity contribution in [3.05, 3.63) is 17.0 Å². The van der Waals surface area contributed by atoms with Crippen LogP contribution < -0.4 is 10.6 Å².